The largest absolute Gasteiger partial charge is 0.463 e. The molecule has 2 rings (SSSR count). The molecule has 6 heteroatoms. The molecule has 0 saturated heterocycles. The van der Waals surface area contributed by atoms with Crippen molar-refractivity contribution in [2.75, 3.05) is 7.11 Å². The van der Waals surface area contributed by atoms with Gasteiger partial charge in [-0.05, 0) is 19.9 Å². The molecule has 0 aliphatic rings. The first-order valence-electron chi connectivity index (χ1n) is 6.41. The number of aryl methyl sites for hydroxylation is 1. The van der Waals surface area contributed by atoms with Gasteiger partial charge in [-0.25, -0.2) is 4.79 Å². The van der Waals surface area contributed by atoms with Gasteiger partial charge in [0.25, 0.3) is 0 Å². The number of nitrogens with zero attached hydrogens (tertiary/aromatic N) is 2. The van der Waals surface area contributed by atoms with E-state index in [-0.39, 0.29) is 11.8 Å². The number of aromatic nitrogens is 2. The van der Waals surface area contributed by atoms with Crippen LogP contribution in [0.4, 0.5) is 0 Å². The number of hydrogen-bond donors (Lipinski definition) is 1. The minimum atomic E-state index is -0.461. The smallest absolute Gasteiger partial charge is 0.374 e. The highest BCUT2D eigenvalue weighted by Gasteiger charge is 2.17. The first-order valence-corrected chi connectivity index (χ1v) is 6.41. The molecule has 0 aliphatic heterocycles. The molecule has 0 bridgehead atoms. The highest BCUT2D eigenvalue weighted by molar-refractivity contribution is 5.87. The summed E-state index contributed by atoms with van der Waals surface area (Å²) < 4.78 is 11.7. The molecule has 2 aromatic rings. The number of ether oxygens (including phenoxy) is 1. The fourth-order valence-electron chi connectivity index (χ4n) is 2.06. The van der Waals surface area contributed by atoms with Gasteiger partial charge in [0.1, 0.15) is 0 Å². The van der Waals surface area contributed by atoms with Crippen LogP contribution < -0.4 is 5.32 Å². The number of carbonyl (C=O) groups is 1. The van der Waals surface area contributed by atoms with Gasteiger partial charge in [0.15, 0.2) is 0 Å². The molecule has 1 atom stereocenters. The summed E-state index contributed by atoms with van der Waals surface area (Å²) in [6, 6.07) is 1.89. The second-order valence-electron chi connectivity index (χ2n) is 4.68. The minimum absolute atomic E-state index is 0.129. The Morgan fingerprint density at radius 1 is 1.60 bits per heavy atom. The Bertz CT molecular complexity index is 601. The summed E-state index contributed by atoms with van der Waals surface area (Å²) in [5, 5.41) is 7.58. The molecule has 1 unspecified atom stereocenters. The highest BCUT2D eigenvalue weighted by Crippen LogP contribution is 2.18. The van der Waals surface area contributed by atoms with Crippen molar-refractivity contribution in [1.82, 2.24) is 15.1 Å². The third-order valence-corrected chi connectivity index (χ3v) is 3.46. The van der Waals surface area contributed by atoms with Crippen molar-refractivity contribution in [2.45, 2.75) is 26.4 Å². The molecule has 108 valence electrons. The van der Waals surface area contributed by atoms with E-state index >= 15 is 0 Å². The van der Waals surface area contributed by atoms with Crippen LogP contribution in [0.5, 0.6) is 0 Å². The van der Waals surface area contributed by atoms with Crippen LogP contribution in [-0.2, 0) is 18.3 Å². The fourth-order valence-corrected chi connectivity index (χ4v) is 2.06. The van der Waals surface area contributed by atoms with Crippen molar-refractivity contribution in [3.63, 3.8) is 0 Å². The van der Waals surface area contributed by atoms with E-state index in [1.165, 1.54) is 13.4 Å². The second-order valence-corrected chi connectivity index (χ2v) is 4.68. The predicted molar refractivity (Wildman–Crippen MR) is 73.2 cm³/mol. The Morgan fingerprint density at radius 3 is 2.95 bits per heavy atom. The van der Waals surface area contributed by atoms with Gasteiger partial charge in [-0.15, -0.1) is 0 Å². The van der Waals surface area contributed by atoms with Crippen molar-refractivity contribution >= 4 is 5.97 Å². The van der Waals surface area contributed by atoms with Crippen LogP contribution in [0.1, 0.15) is 40.3 Å². The van der Waals surface area contributed by atoms with E-state index in [4.69, 9.17) is 4.42 Å². The second kappa shape index (κ2) is 5.92. The van der Waals surface area contributed by atoms with Crippen LogP contribution in [0, 0.1) is 6.92 Å². The van der Waals surface area contributed by atoms with Gasteiger partial charge in [-0.2, -0.15) is 5.10 Å². The maximum atomic E-state index is 11.5. The molecule has 0 fully saturated rings. The van der Waals surface area contributed by atoms with Crippen LogP contribution in [0.15, 0.2) is 22.9 Å². The first-order chi connectivity index (χ1) is 9.54. The van der Waals surface area contributed by atoms with Crippen LogP contribution in [0.25, 0.3) is 0 Å². The fraction of sp³-hybridized carbons (Fsp3) is 0.429. The molecule has 20 heavy (non-hydrogen) atoms. The van der Waals surface area contributed by atoms with Crippen molar-refractivity contribution in [1.29, 1.82) is 0 Å². The Labute approximate surface area is 117 Å². The van der Waals surface area contributed by atoms with Gasteiger partial charge in [-0.3, -0.25) is 4.68 Å². The molecule has 0 spiro atoms. The van der Waals surface area contributed by atoms with E-state index < -0.39 is 5.97 Å². The highest BCUT2D eigenvalue weighted by atomic mass is 16.5. The first kappa shape index (κ1) is 14.3. The molecular weight excluding hydrogens is 258 g/mol. The number of carbonyl (C=O) groups excluding carboxylic acids is 1. The number of furan rings is 1. The number of hydrogen-bond acceptors (Lipinski definition) is 5. The molecule has 1 N–H and O–H groups in total. The standard InChI is InChI=1S/C14H19N3O3/c1-9(12-8-16-17(3)10(12)2)15-7-11-5-6-20-13(11)14(18)19-4/h5-6,8-9,15H,7H2,1-4H3. The summed E-state index contributed by atoms with van der Waals surface area (Å²) in [6.07, 6.45) is 3.34. The Kier molecular flexibility index (Phi) is 4.24. The van der Waals surface area contributed by atoms with Gasteiger partial charge in [0.05, 0.1) is 19.6 Å². The SMILES string of the molecule is COC(=O)c1occc1CNC(C)c1cnn(C)c1C. The topological polar surface area (TPSA) is 69.3 Å². The molecule has 2 heterocycles. The summed E-state index contributed by atoms with van der Waals surface area (Å²) in [5.41, 5.74) is 3.03. The Hall–Kier alpha value is -2.08. The lowest BCUT2D eigenvalue weighted by molar-refractivity contribution is 0.0563. The molecule has 0 aromatic carbocycles. The number of esters is 1. The lowest BCUT2D eigenvalue weighted by Gasteiger charge is -2.13. The third-order valence-electron chi connectivity index (χ3n) is 3.46. The van der Waals surface area contributed by atoms with E-state index in [0.717, 1.165) is 16.8 Å². The maximum Gasteiger partial charge on any atom is 0.374 e. The average Bonchev–Trinajstić information content (AvgIpc) is 3.03. The van der Waals surface area contributed by atoms with Crippen LogP contribution >= 0.6 is 0 Å². The molecule has 0 radical (unpaired) electrons. The predicted octanol–water partition coefficient (Wildman–Crippen LogP) is 1.96. The van der Waals surface area contributed by atoms with E-state index in [1.807, 2.05) is 24.9 Å². The van der Waals surface area contributed by atoms with Gasteiger partial charge in [0.2, 0.25) is 5.76 Å². The van der Waals surface area contributed by atoms with Gasteiger partial charge < -0.3 is 14.5 Å². The molecule has 6 nitrogen and oxygen atoms in total. The minimum Gasteiger partial charge on any atom is -0.463 e. The van der Waals surface area contributed by atoms with Crippen LogP contribution in [-0.4, -0.2) is 22.9 Å². The monoisotopic (exact) mass is 277 g/mol. The Balaban J connectivity index is 2.04. The molecule has 0 amide bonds. The summed E-state index contributed by atoms with van der Waals surface area (Å²) in [6.45, 7) is 4.61. The van der Waals surface area contributed by atoms with Gasteiger partial charge in [0, 0.05) is 36.5 Å². The zero-order valence-electron chi connectivity index (χ0n) is 12.1. The lowest BCUT2D eigenvalue weighted by atomic mass is 10.1. The van der Waals surface area contributed by atoms with Gasteiger partial charge >= 0.3 is 5.97 Å². The number of nitrogens with one attached hydrogen (secondary N) is 1. The normalized spacial score (nSPS) is 12.4. The number of rotatable bonds is 5. The van der Waals surface area contributed by atoms with E-state index in [9.17, 15) is 4.79 Å². The van der Waals surface area contributed by atoms with E-state index in [2.05, 4.69) is 22.1 Å². The van der Waals surface area contributed by atoms with Crippen molar-refractivity contribution in [3.05, 3.63) is 41.1 Å². The van der Waals surface area contributed by atoms with Crippen molar-refractivity contribution < 1.29 is 13.9 Å². The average molecular weight is 277 g/mol. The Morgan fingerprint density at radius 2 is 2.35 bits per heavy atom. The molecule has 0 saturated carbocycles. The summed E-state index contributed by atoms with van der Waals surface area (Å²) >= 11 is 0. The molecule has 0 aliphatic carbocycles. The van der Waals surface area contributed by atoms with Crippen molar-refractivity contribution in [3.8, 4) is 0 Å². The number of methoxy groups -OCH3 is 1. The van der Waals surface area contributed by atoms with Crippen LogP contribution in [0.2, 0.25) is 0 Å². The van der Waals surface area contributed by atoms with Gasteiger partial charge in [-0.1, -0.05) is 0 Å². The van der Waals surface area contributed by atoms with E-state index in [0.29, 0.717) is 6.54 Å². The lowest BCUT2D eigenvalue weighted by Crippen LogP contribution is -2.19. The van der Waals surface area contributed by atoms with E-state index in [1.54, 1.807) is 6.07 Å². The van der Waals surface area contributed by atoms with Crippen LogP contribution in [0.3, 0.4) is 0 Å². The summed E-state index contributed by atoms with van der Waals surface area (Å²) in [4.78, 5) is 11.5. The molecule has 2 aromatic heterocycles. The quantitative estimate of drug-likeness (QED) is 0.846. The maximum absolute atomic E-state index is 11.5. The third kappa shape index (κ3) is 2.75. The summed E-state index contributed by atoms with van der Waals surface area (Å²) in [5.74, 6) is -0.216. The zero-order valence-corrected chi connectivity index (χ0v) is 12.1. The summed E-state index contributed by atoms with van der Waals surface area (Å²) in [7, 11) is 3.25. The zero-order chi connectivity index (χ0) is 14.7. The van der Waals surface area contributed by atoms with Crippen molar-refractivity contribution in [2.24, 2.45) is 7.05 Å². The molecular formula is C14H19N3O3.